The van der Waals surface area contributed by atoms with E-state index in [1.54, 1.807) is 0 Å². The van der Waals surface area contributed by atoms with Crippen LogP contribution in [0.3, 0.4) is 0 Å². The van der Waals surface area contributed by atoms with Gasteiger partial charge in [-0.15, -0.1) is 0 Å². The zero-order valence-electron chi connectivity index (χ0n) is 8.33. The fourth-order valence-electron chi connectivity index (χ4n) is 1.14. The first-order valence-electron chi connectivity index (χ1n) is 4.86. The highest BCUT2D eigenvalue weighted by molar-refractivity contribution is 9.10. The fourth-order valence-corrected chi connectivity index (χ4v) is 1.60. The minimum atomic E-state index is -0.0378. The molecule has 1 heterocycles. The Morgan fingerprint density at radius 3 is 3.06 bits per heavy atom. The monoisotopic (exact) mass is 304 g/mol. The maximum absolute atomic E-state index is 11.4. The lowest BCUT2D eigenvalue weighted by Crippen LogP contribution is -2.31. The number of anilines is 1. The van der Waals surface area contributed by atoms with Crippen LogP contribution in [0.2, 0.25) is 5.28 Å². The van der Waals surface area contributed by atoms with Crippen LogP contribution in [-0.2, 0) is 4.79 Å². The number of rotatable bonds is 4. The summed E-state index contributed by atoms with van der Waals surface area (Å²) in [5.74, 6) is 0.482. The molecular formula is C9H10BrClN4O. The van der Waals surface area contributed by atoms with Crippen LogP contribution in [0.25, 0.3) is 0 Å². The molecule has 7 heteroatoms. The molecule has 1 aliphatic rings. The minimum absolute atomic E-state index is 0.0378. The van der Waals surface area contributed by atoms with Crippen molar-refractivity contribution in [2.75, 3.05) is 11.9 Å². The predicted molar refractivity (Wildman–Crippen MR) is 64.4 cm³/mol. The molecule has 0 bridgehead atoms. The molecule has 5 nitrogen and oxygen atoms in total. The highest BCUT2D eigenvalue weighted by Gasteiger charge is 2.22. The van der Waals surface area contributed by atoms with Gasteiger partial charge in [-0.3, -0.25) is 4.79 Å². The fraction of sp³-hybridized carbons (Fsp3) is 0.444. The largest absolute Gasteiger partial charge is 0.360 e. The smallest absolute Gasteiger partial charge is 0.239 e. The summed E-state index contributed by atoms with van der Waals surface area (Å²) in [4.78, 5) is 19.1. The van der Waals surface area contributed by atoms with Crippen LogP contribution >= 0.6 is 27.5 Å². The molecule has 0 aliphatic heterocycles. The summed E-state index contributed by atoms with van der Waals surface area (Å²) in [7, 11) is 0. The number of nitrogens with one attached hydrogen (secondary N) is 2. The van der Waals surface area contributed by atoms with E-state index < -0.39 is 0 Å². The average Bonchev–Trinajstić information content (AvgIpc) is 3.03. The Labute approximate surface area is 106 Å². The number of carbonyl (C=O) groups excluding carboxylic acids is 1. The summed E-state index contributed by atoms with van der Waals surface area (Å²) in [5.41, 5.74) is 0. The first-order valence-corrected chi connectivity index (χ1v) is 6.03. The molecule has 0 saturated heterocycles. The predicted octanol–water partition coefficient (Wildman–Crippen LogP) is 1.58. The van der Waals surface area contributed by atoms with Crippen molar-refractivity contribution in [1.29, 1.82) is 0 Å². The zero-order valence-corrected chi connectivity index (χ0v) is 10.7. The van der Waals surface area contributed by atoms with Gasteiger partial charge in [0.25, 0.3) is 0 Å². The van der Waals surface area contributed by atoms with Crippen LogP contribution in [0.1, 0.15) is 12.8 Å². The van der Waals surface area contributed by atoms with E-state index in [-0.39, 0.29) is 17.7 Å². The standard InChI is InChI=1S/C9H10BrClN4O/c10-6-3-13-9(11)15-8(6)12-4-7(16)14-5-1-2-5/h3,5H,1-2,4H2,(H,14,16)(H,12,13,15). The Morgan fingerprint density at radius 1 is 1.62 bits per heavy atom. The number of aromatic nitrogens is 2. The lowest BCUT2D eigenvalue weighted by atomic mass is 10.5. The van der Waals surface area contributed by atoms with Crippen molar-refractivity contribution in [2.24, 2.45) is 0 Å². The first-order chi connectivity index (χ1) is 7.65. The van der Waals surface area contributed by atoms with Gasteiger partial charge < -0.3 is 10.6 Å². The maximum Gasteiger partial charge on any atom is 0.239 e. The van der Waals surface area contributed by atoms with E-state index in [1.807, 2.05) is 0 Å². The van der Waals surface area contributed by atoms with Crippen LogP contribution in [-0.4, -0.2) is 28.5 Å². The molecule has 0 radical (unpaired) electrons. The highest BCUT2D eigenvalue weighted by atomic mass is 79.9. The molecule has 1 fully saturated rings. The molecule has 1 amide bonds. The lowest BCUT2D eigenvalue weighted by molar-refractivity contribution is -0.119. The molecule has 2 N–H and O–H groups in total. The van der Waals surface area contributed by atoms with Crippen molar-refractivity contribution in [1.82, 2.24) is 15.3 Å². The number of amides is 1. The summed E-state index contributed by atoms with van der Waals surface area (Å²) in [6, 6.07) is 0.367. The molecule has 0 aromatic carbocycles. The van der Waals surface area contributed by atoms with Gasteiger partial charge in [-0.25, -0.2) is 4.98 Å². The zero-order chi connectivity index (χ0) is 11.5. The second kappa shape index (κ2) is 4.97. The second-order valence-corrected chi connectivity index (χ2v) is 4.72. The van der Waals surface area contributed by atoms with Gasteiger partial charge in [0.05, 0.1) is 11.0 Å². The number of carbonyl (C=O) groups is 1. The third-order valence-corrected chi connectivity index (χ3v) is 2.84. The number of hydrogen-bond donors (Lipinski definition) is 2. The molecule has 1 aromatic rings. The molecular weight excluding hydrogens is 295 g/mol. The maximum atomic E-state index is 11.4. The number of nitrogens with zero attached hydrogens (tertiary/aromatic N) is 2. The molecule has 0 spiro atoms. The summed E-state index contributed by atoms with van der Waals surface area (Å²) in [5, 5.41) is 5.90. The van der Waals surface area contributed by atoms with Gasteiger partial charge in [-0.05, 0) is 40.4 Å². The van der Waals surface area contributed by atoms with Gasteiger partial charge in [0.15, 0.2) is 0 Å². The molecule has 0 unspecified atom stereocenters. The topological polar surface area (TPSA) is 66.9 Å². The Bertz CT molecular complexity index is 410. The third kappa shape index (κ3) is 3.31. The summed E-state index contributed by atoms with van der Waals surface area (Å²) in [6.07, 6.45) is 3.69. The molecule has 1 saturated carbocycles. The number of hydrogen-bond acceptors (Lipinski definition) is 4. The van der Waals surface area contributed by atoms with Gasteiger partial charge >= 0.3 is 0 Å². The third-order valence-electron chi connectivity index (χ3n) is 2.07. The van der Waals surface area contributed by atoms with Crippen molar-refractivity contribution >= 4 is 39.3 Å². The summed E-state index contributed by atoms with van der Waals surface area (Å²) in [6.45, 7) is 0.183. The highest BCUT2D eigenvalue weighted by Crippen LogP contribution is 2.20. The molecule has 1 aliphatic carbocycles. The molecule has 2 rings (SSSR count). The van der Waals surface area contributed by atoms with Crippen LogP contribution in [0.5, 0.6) is 0 Å². The lowest BCUT2D eigenvalue weighted by Gasteiger charge is -2.07. The molecule has 0 atom stereocenters. The average molecular weight is 306 g/mol. The van der Waals surface area contributed by atoms with Gasteiger partial charge in [-0.1, -0.05) is 0 Å². The van der Waals surface area contributed by atoms with Crippen molar-refractivity contribution in [3.8, 4) is 0 Å². The van der Waals surface area contributed by atoms with Crippen molar-refractivity contribution < 1.29 is 4.79 Å². The van der Waals surface area contributed by atoms with Crippen LogP contribution in [0.15, 0.2) is 10.7 Å². The SMILES string of the molecule is O=C(CNc1nc(Cl)ncc1Br)NC1CC1. The van der Waals surface area contributed by atoms with Gasteiger partial charge in [-0.2, -0.15) is 4.98 Å². The van der Waals surface area contributed by atoms with Crippen LogP contribution in [0, 0.1) is 0 Å². The van der Waals surface area contributed by atoms with E-state index >= 15 is 0 Å². The van der Waals surface area contributed by atoms with E-state index in [4.69, 9.17) is 11.6 Å². The quantitative estimate of drug-likeness (QED) is 0.829. The van der Waals surface area contributed by atoms with Gasteiger partial charge in [0, 0.05) is 12.2 Å². The van der Waals surface area contributed by atoms with E-state index in [0.717, 1.165) is 12.8 Å². The molecule has 1 aromatic heterocycles. The molecule has 86 valence electrons. The van der Waals surface area contributed by atoms with Gasteiger partial charge in [0.1, 0.15) is 5.82 Å². The van der Waals surface area contributed by atoms with Gasteiger partial charge in [0.2, 0.25) is 11.2 Å². The van der Waals surface area contributed by atoms with Crippen molar-refractivity contribution in [2.45, 2.75) is 18.9 Å². The minimum Gasteiger partial charge on any atom is -0.360 e. The molecule has 16 heavy (non-hydrogen) atoms. The Balaban J connectivity index is 1.87. The van der Waals surface area contributed by atoms with E-state index in [9.17, 15) is 4.79 Å². The normalized spacial score (nSPS) is 14.6. The van der Waals surface area contributed by atoms with Crippen LogP contribution < -0.4 is 10.6 Å². The Kier molecular flexibility index (Phi) is 3.60. The van der Waals surface area contributed by atoms with E-state index in [1.165, 1.54) is 6.20 Å². The Hall–Kier alpha value is -0.880. The second-order valence-electron chi connectivity index (χ2n) is 3.53. The summed E-state index contributed by atoms with van der Waals surface area (Å²) >= 11 is 8.91. The van der Waals surface area contributed by atoms with E-state index in [0.29, 0.717) is 16.3 Å². The first kappa shape index (κ1) is 11.6. The van der Waals surface area contributed by atoms with Crippen LogP contribution in [0.4, 0.5) is 5.82 Å². The van der Waals surface area contributed by atoms with E-state index in [2.05, 4.69) is 36.5 Å². The Morgan fingerprint density at radius 2 is 2.38 bits per heavy atom. The van der Waals surface area contributed by atoms with Crippen molar-refractivity contribution in [3.63, 3.8) is 0 Å². The summed E-state index contributed by atoms with van der Waals surface area (Å²) < 4.78 is 0.677. The van der Waals surface area contributed by atoms with Crippen molar-refractivity contribution in [3.05, 3.63) is 16.0 Å². The number of halogens is 2.